The quantitative estimate of drug-likeness (QED) is 0.487. The van der Waals surface area contributed by atoms with E-state index >= 15 is 0 Å². The molecule has 3 rings (SSSR count). The third-order valence-corrected chi connectivity index (χ3v) is 3.40. The number of hydrogen-bond donors (Lipinski definition) is 0. The second-order valence-corrected chi connectivity index (χ2v) is 4.67. The van der Waals surface area contributed by atoms with Crippen molar-refractivity contribution >= 4 is 0 Å². The summed E-state index contributed by atoms with van der Waals surface area (Å²) in [6.07, 6.45) is 0. The smallest absolute Gasteiger partial charge is 0.0339 e. The van der Waals surface area contributed by atoms with Crippen molar-refractivity contribution < 1.29 is 0 Å². The molecule has 0 saturated heterocycles. The first kappa shape index (κ1) is 14.6. The number of benzene rings is 3. The fraction of sp³-hybridized carbons (Fsp3) is 0.0500. The van der Waals surface area contributed by atoms with E-state index in [1.807, 2.05) is 0 Å². The maximum atomic E-state index is 6.25. The highest BCUT2D eigenvalue weighted by molar-refractivity contribution is 5.42. The van der Waals surface area contributed by atoms with E-state index in [0.717, 1.165) is 0 Å². The minimum atomic E-state index is 0.309. The monoisotopic (exact) mass is 270 g/mol. The lowest BCUT2D eigenvalue weighted by Crippen LogP contribution is -2.02. The molecule has 0 unspecified atom stereocenters. The first-order chi connectivity index (χ1) is 10.4. The first-order valence-electron chi connectivity index (χ1n) is 6.82. The highest BCUT2D eigenvalue weighted by atomic mass is 14.2. The van der Waals surface area contributed by atoms with Gasteiger partial charge >= 0.3 is 0 Å². The molecule has 0 N–H and O–H groups in total. The van der Waals surface area contributed by atoms with Gasteiger partial charge < -0.3 is 11.8 Å². The van der Waals surface area contributed by atoms with Crippen molar-refractivity contribution in [2.75, 3.05) is 0 Å². The molecule has 1 nitrogen and oxygen atoms in total. The van der Waals surface area contributed by atoms with E-state index < -0.39 is 0 Å². The van der Waals surface area contributed by atoms with Gasteiger partial charge in [-0.15, -0.1) is 0 Å². The third-order valence-electron chi connectivity index (χ3n) is 3.40. The Kier molecular flexibility index (Phi) is 5.32. The summed E-state index contributed by atoms with van der Waals surface area (Å²) in [5.41, 5.74) is 4.00. The van der Waals surface area contributed by atoms with E-state index in [1.54, 1.807) is 0 Å². The van der Waals surface area contributed by atoms with Gasteiger partial charge in [-0.3, -0.25) is 0 Å². The van der Waals surface area contributed by atoms with Crippen LogP contribution >= 0.6 is 0 Å². The van der Waals surface area contributed by atoms with Crippen LogP contribution in [0.4, 0.5) is 0 Å². The summed E-state index contributed by atoms with van der Waals surface area (Å²) in [4.78, 5) is 0. The van der Waals surface area contributed by atoms with Crippen molar-refractivity contribution in [2.24, 2.45) is 0 Å². The number of rotatable bonds is 3. The van der Waals surface area contributed by atoms with E-state index in [9.17, 15) is 0 Å². The van der Waals surface area contributed by atoms with Gasteiger partial charge in [0.2, 0.25) is 0 Å². The standard InChI is InChI=1S/C19H16.CN/c1-4-10-16(11-5-1)19(17-12-6-2-7-13-17)18-14-8-3-9-15-18;1-2/h1-15,19H;/q;-1. The largest absolute Gasteiger partial charge is 0.512 e. The minimum Gasteiger partial charge on any atom is -0.512 e. The van der Waals surface area contributed by atoms with Crippen LogP contribution in [0.25, 0.3) is 0 Å². The maximum Gasteiger partial charge on any atom is 0.0339 e. The summed E-state index contributed by atoms with van der Waals surface area (Å²) in [5.74, 6) is 0.309. The molecule has 21 heavy (non-hydrogen) atoms. The highest BCUT2D eigenvalue weighted by Crippen LogP contribution is 2.31. The van der Waals surface area contributed by atoms with Gasteiger partial charge in [0.05, 0.1) is 0 Å². The summed E-state index contributed by atoms with van der Waals surface area (Å²) < 4.78 is 0. The molecule has 3 aromatic carbocycles. The Hall–Kier alpha value is -2.85. The first-order valence-corrected chi connectivity index (χ1v) is 6.82. The number of nitrogens with zero attached hydrogens (tertiary/aromatic N) is 1. The lowest BCUT2D eigenvalue weighted by molar-refractivity contribution is 0.977. The summed E-state index contributed by atoms with van der Waals surface area (Å²) >= 11 is 0. The van der Waals surface area contributed by atoms with Crippen LogP contribution in [-0.2, 0) is 0 Å². The van der Waals surface area contributed by atoms with E-state index in [2.05, 4.69) is 91.0 Å². The zero-order valence-corrected chi connectivity index (χ0v) is 11.7. The molecule has 0 spiro atoms. The van der Waals surface area contributed by atoms with Gasteiger partial charge in [-0.1, -0.05) is 91.0 Å². The summed E-state index contributed by atoms with van der Waals surface area (Å²) in [5, 5.41) is 6.25. The highest BCUT2D eigenvalue weighted by Gasteiger charge is 2.15. The van der Waals surface area contributed by atoms with Crippen molar-refractivity contribution in [3.63, 3.8) is 0 Å². The average molecular weight is 270 g/mol. The minimum absolute atomic E-state index is 0.309. The normalized spacial score (nSPS) is 9.67. The fourth-order valence-electron chi connectivity index (χ4n) is 2.51. The SMILES string of the molecule is [C-]#N.c1ccc(C(c2ccccc2)c2ccccc2)cc1. The van der Waals surface area contributed by atoms with Crippen LogP contribution in [0.3, 0.4) is 0 Å². The molecular formula is C20H16N-. The second kappa shape index (κ2) is 7.67. The summed E-state index contributed by atoms with van der Waals surface area (Å²) in [7, 11) is 0. The van der Waals surface area contributed by atoms with Gasteiger partial charge in [-0.2, -0.15) is 0 Å². The van der Waals surface area contributed by atoms with E-state index in [1.165, 1.54) is 16.7 Å². The van der Waals surface area contributed by atoms with Crippen LogP contribution in [0.15, 0.2) is 91.0 Å². The zero-order valence-electron chi connectivity index (χ0n) is 11.7. The zero-order chi connectivity index (χ0) is 14.9. The molecule has 1 heteroatoms. The Bertz CT molecular complexity index is 563. The number of hydrogen-bond acceptors (Lipinski definition) is 1. The van der Waals surface area contributed by atoms with E-state index in [4.69, 9.17) is 11.8 Å². The lowest BCUT2D eigenvalue weighted by atomic mass is 9.85. The topological polar surface area (TPSA) is 23.8 Å². The molecular weight excluding hydrogens is 254 g/mol. The molecule has 0 amide bonds. The Morgan fingerprint density at radius 3 is 0.952 bits per heavy atom. The van der Waals surface area contributed by atoms with E-state index in [-0.39, 0.29) is 0 Å². The van der Waals surface area contributed by atoms with Gasteiger partial charge in [-0.05, 0) is 16.7 Å². The van der Waals surface area contributed by atoms with Gasteiger partial charge in [0.15, 0.2) is 0 Å². The van der Waals surface area contributed by atoms with Crippen molar-refractivity contribution in [1.29, 1.82) is 5.26 Å². The molecule has 0 fully saturated rings. The maximum absolute atomic E-state index is 6.25. The molecule has 0 aliphatic rings. The Labute approximate surface area is 126 Å². The summed E-state index contributed by atoms with van der Waals surface area (Å²) in [6, 6.07) is 32.0. The van der Waals surface area contributed by atoms with Crippen LogP contribution in [0, 0.1) is 11.8 Å². The van der Waals surface area contributed by atoms with Crippen LogP contribution in [-0.4, -0.2) is 0 Å². The predicted molar refractivity (Wildman–Crippen MR) is 85.2 cm³/mol. The van der Waals surface area contributed by atoms with Crippen LogP contribution in [0.1, 0.15) is 22.6 Å². The second-order valence-electron chi connectivity index (χ2n) is 4.67. The van der Waals surface area contributed by atoms with Gasteiger partial charge in [-0.25, -0.2) is 0 Å². The van der Waals surface area contributed by atoms with Crippen LogP contribution in [0.2, 0.25) is 0 Å². The van der Waals surface area contributed by atoms with Crippen molar-refractivity contribution in [1.82, 2.24) is 0 Å². The third kappa shape index (κ3) is 3.58. The van der Waals surface area contributed by atoms with Gasteiger partial charge in [0.1, 0.15) is 0 Å². The molecule has 0 saturated carbocycles. The molecule has 0 radical (unpaired) electrons. The average Bonchev–Trinajstić information content (AvgIpc) is 2.60. The molecule has 3 aromatic rings. The molecule has 102 valence electrons. The van der Waals surface area contributed by atoms with E-state index in [0.29, 0.717) is 5.92 Å². The van der Waals surface area contributed by atoms with Crippen molar-refractivity contribution in [3.05, 3.63) is 114 Å². The molecule has 0 heterocycles. The molecule has 0 aromatic heterocycles. The van der Waals surface area contributed by atoms with Crippen molar-refractivity contribution in [2.45, 2.75) is 5.92 Å². The molecule has 0 bridgehead atoms. The molecule has 0 aliphatic heterocycles. The fourth-order valence-corrected chi connectivity index (χ4v) is 2.51. The van der Waals surface area contributed by atoms with Gasteiger partial charge in [0, 0.05) is 5.92 Å². The Morgan fingerprint density at radius 1 is 0.476 bits per heavy atom. The van der Waals surface area contributed by atoms with Crippen LogP contribution < -0.4 is 0 Å². The van der Waals surface area contributed by atoms with Crippen molar-refractivity contribution in [3.8, 4) is 0 Å². The Morgan fingerprint density at radius 2 is 0.714 bits per heavy atom. The molecule has 0 aliphatic carbocycles. The van der Waals surface area contributed by atoms with Crippen LogP contribution in [0.5, 0.6) is 0 Å². The summed E-state index contributed by atoms with van der Waals surface area (Å²) in [6.45, 7) is 4.75. The molecule has 0 atom stereocenters. The van der Waals surface area contributed by atoms with Gasteiger partial charge in [0.25, 0.3) is 0 Å². The predicted octanol–water partition coefficient (Wildman–Crippen LogP) is 4.96. The lowest BCUT2D eigenvalue weighted by Gasteiger charge is -2.18. The Balaban J connectivity index is 0.000000774.